The first-order valence-electron chi connectivity index (χ1n) is 26.8. The molecule has 0 aromatic rings. The van der Waals surface area contributed by atoms with Gasteiger partial charge in [-0.15, -0.1) is 0 Å². The van der Waals surface area contributed by atoms with Gasteiger partial charge in [-0.3, -0.25) is 9.59 Å². The van der Waals surface area contributed by atoms with Crippen molar-refractivity contribution < 1.29 is 24.5 Å². The highest BCUT2D eigenvalue weighted by molar-refractivity contribution is 5.76. The molecule has 0 bridgehead atoms. The summed E-state index contributed by atoms with van der Waals surface area (Å²) >= 11 is 0. The van der Waals surface area contributed by atoms with Crippen LogP contribution in [0.25, 0.3) is 0 Å². The number of esters is 1. The van der Waals surface area contributed by atoms with Gasteiger partial charge in [0.15, 0.2) is 0 Å². The number of rotatable bonds is 50. The molecule has 0 radical (unpaired) electrons. The molecule has 0 aromatic heterocycles. The molecule has 6 heteroatoms. The van der Waals surface area contributed by atoms with Crippen LogP contribution in [0.5, 0.6) is 0 Å². The van der Waals surface area contributed by atoms with Gasteiger partial charge >= 0.3 is 5.97 Å². The molecule has 0 aliphatic carbocycles. The van der Waals surface area contributed by atoms with Gasteiger partial charge in [0.2, 0.25) is 5.91 Å². The third kappa shape index (κ3) is 46.2. The number of carbonyl (C=O) groups is 2. The van der Waals surface area contributed by atoms with E-state index in [9.17, 15) is 19.8 Å². The second-order valence-corrected chi connectivity index (χ2v) is 18.6. The van der Waals surface area contributed by atoms with Gasteiger partial charge < -0.3 is 20.3 Å². The van der Waals surface area contributed by atoms with Gasteiger partial charge in [-0.2, -0.15) is 0 Å². The Morgan fingerprint density at radius 2 is 0.695 bits per heavy atom. The molecular weight excluding hydrogens is 731 g/mol. The van der Waals surface area contributed by atoms with Gasteiger partial charge in [0, 0.05) is 12.8 Å². The maximum atomic E-state index is 12.4. The summed E-state index contributed by atoms with van der Waals surface area (Å²) in [4.78, 5) is 24.4. The van der Waals surface area contributed by atoms with Crippen molar-refractivity contribution in [3.63, 3.8) is 0 Å². The van der Waals surface area contributed by atoms with Crippen LogP contribution < -0.4 is 5.32 Å². The van der Waals surface area contributed by atoms with Crippen molar-refractivity contribution in [1.29, 1.82) is 0 Å². The lowest BCUT2D eigenvalue weighted by Gasteiger charge is -2.22. The first kappa shape index (κ1) is 57.9. The third-order valence-corrected chi connectivity index (χ3v) is 12.7. The molecule has 6 nitrogen and oxygen atoms in total. The van der Waals surface area contributed by atoms with E-state index < -0.39 is 12.1 Å². The SMILES string of the molecule is CCCCCCCCCCCCCCCCCC(=O)OCCCCCCCCCCCCCCCCCCCC(=O)NC(CO)C(O)CCCCCCCCCCCC. The second kappa shape index (κ2) is 49.5. The van der Waals surface area contributed by atoms with Crippen molar-refractivity contribution in [1.82, 2.24) is 5.32 Å². The molecule has 0 saturated carbocycles. The van der Waals surface area contributed by atoms with Crippen LogP contribution in [0.1, 0.15) is 303 Å². The molecule has 0 saturated heterocycles. The topological polar surface area (TPSA) is 95.9 Å². The summed E-state index contributed by atoms with van der Waals surface area (Å²) in [6.45, 7) is 4.94. The fourth-order valence-corrected chi connectivity index (χ4v) is 8.52. The van der Waals surface area contributed by atoms with Gasteiger partial charge in [-0.05, 0) is 25.7 Å². The predicted molar refractivity (Wildman–Crippen MR) is 255 cm³/mol. The molecule has 3 N–H and O–H groups in total. The Labute approximate surface area is 368 Å². The molecule has 0 aliphatic rings. The molecule has 0 rings (SSSR count). The van der Waals surface area contributed by atoms with Crippen molar-refractivity contribution in [2.24, 2.45) is 0 Å². The normalized spacial score (nSPS) is 12.5. The van der Waals surface area contributed by atoms with Crippen LogP contribution in [0.3, 0.4) is 0 Å². The van der Waals surface area contributed by atoms with Crippen LogP contribution in [0.2, 0.25) is 0 Å². The largest absolute Gasteiger partial charge is 0.466 e. The van der Waals surface area contributed by atoms with E-state index in [1.807, 2.05) is 0 Å². The van der Waals surface area contributed by atoms with E-state index in [1.165, 1.54) is 231 Å². The van der Waals surface area contributed by atoms with E-state index in [0.717, 1.165) is 38.5 Å². The number of ether oxygens (including phenoxy) is 1. The number of aliphatic hydroxyl groups is 2. The summed E-state index contributed by atoms with van der Waals surface area (Å²) in [7, 11) is 0. The lowest BCUT2D eigenvalue weighted by atomic mass is 10.0. The Morgan fingerprint density at radius 3 is 1.03 bits per heavy atom. The highest BCUT2D eigenvalue weighted by atomic mass is 16.5. The molecule has 0 heterocycles. The smallest absolute Gasteiger partial charge is 0.305 e. The molecule has 2 atom stereocenters. The average molecular weight is 836 g/mol. The fourth-order valence-electron chi connectivity index (χ4n) is 8.52. The standard InChI is InChI=1S/C53H105NO5/c1-3-5-7-9-11-13-15-16-20-24-27-31-35-39-43-47-53(58)59-48-44-40-36-32-28-25-22-19-17-18-21-23-26-30-34-38-42-46-52(57)54-50(49-55)51(56)45-41-37-33-29-14-12-10-8-6-4-2/h50-51,55-56H,3-49H2,1-2H3,(H,54,57). The van der Waals surface area contributed by atoms with E-state index in [4.69, 9.17) is 4.74 Å². The maximum absolute atomic E-state index is 12.4. The Bertz CT molecular complexity index is 837. The fraction of sp³-hybridized carbons (Fsp3) is 0.962. The first-order valence-corrected chi connectivity index (χ1v) is 26.8. The van der Waals surface area contributed by atoms with Gasteiger partial charge in [0.25, 0.3) is 0 Å². The monoisotopic (exact) mass is 836 g/mol. The van der Waals surface area contributed by atoms with Crippen molar-refractivity contribution in [2.45, 2.75) is 315 Å². The number of hydrogen-bond donors (Lipinski definition) is 3. The number of nitrogens with one attached hydrogen (secondary N) is 1. The van der Waals surface area contributed by atoms with Gasteiger partial charge in [0.1, 0.15) is 0 Å². The minimum absolute atomic E-state index is 0.00864. The molecular formula is C53H105NO5. The van der Waals surface area contributed by atoms with Crippen LogP contribution in [0.15, 0.2) is 0 Å². The van der Waals surface area contributed by atoms with E-state index in [1.54, 1.807) is 0 Å². The van der Waals surface area contributed by atoms with Crippen LogP contribution in [0.4, 0.5) is 0 Å². The molecule has 0 aliphatic heterocycles. The zero-order valence-corrected chi connectivity index (χ0v) is 40.0. The average Bonchev–Trinajstić information content (AvgIpc) is 3.24. The Kier molecular flexibility index (Phi) is 48.6. The zero-order chi connectivity index (χ0) is 43.0. The van der Waals surface area contributed by atoms with Gasteiger partial charge in [-0.1, -0.05) is 264 Å². The number of hydrogen-bond acceptors (Lipinski definition) is 5. The molecule has 59 heavy (non-hydrogen) atoms. The summed E-state index contributed by atoms with van der Waals surface area (Å²) in [5.41, 5.74) is 0. The summed E-state index contributed by atoms with van der Waals surface area (Å²) in [5, 5.41) is 23.1. The molecule has 352 valence electrons. The highest BCUT2D eigenvalue weighted by Crippen LogP contribution is 2.17. The molecule has 1 amide bonds. The minimum Gasteiger partial charge on any atom is -0.466 e. The van der Waals surface area contributed by atoms with Crippen molar-refractivity contribution in [3.05, 3.63) is 0 Å². The molecule has 0 aromatic carbocycles. The Balaban J connectivity index is 3.37. The summed E-state index contributed by atoms with van der Waals surface area (Å²) in [6, 6.07) is -0.542. The first-order chi connectivity index (χ1) is 29.0. The molecule has 0 fully saturated rings. The Morgan fingerprint density at radius 1 is 0.407 bits per heavy atom. The number of aliphatic hydroxyl groups excluding tert-OH is 2. The maximum Gasteiger partial charge on any atom is 0.305 e. The van der Waals surface area contributed by atoms with Crippen molar-refractivity contribution in [3.8, 4) is 0 Å². The van der Waals surface area contributed by atoms with Crippen LogP contribution in [-0.2, 0) is 14.3 Å². The lowest BCUT2D eigenvalue weighted by Crippen LogP contribution is -2.45. The van der Waals surface area contributed by atoms with E-state index >= 15 is 0 Å². The van der Waals surface area contributed by atoms with Gasteiger partial charge in [0.05, 0.1) is 25.4 Å². The molecule has 2 unspecified atom stereocenters. The van der Waals surface area contributed by atoms with Crippen LogP contribution in [0, 0.1) is 0 Å². The Hall–Kier alpha value is -1.14. The number of unbranched alkanes of at least 4 members (excludes halogenated alkanes) is 39. The highest BCUT2D eigenvalue weighted by Gasteiger charge is 2.20. The summed E-state index contributed by atoms with van der Waals surface area (Å²) in [5.74, 6) is -0.0319. The lowest BCUT2D eigenvalue weighted by molar-refractivity contribution is -0.143. The summed E-state index contributed by atoms with van der Waals surface area (Å²) in [6.07, 6.45) is 55.1. The number of amides is 1. The van der Waals surface area contributed by atoms with E-state index in [2.05, 4.69) is 19.2 Å². The quantitative estimate of drug-likeness (QED) is 0.0419. The van der Waals surface area contributed by atoms with E-state index in [0.29, 0.717) is 25.9 Å². The van der Waals surface area contributed by atoms with Gasteiger partial charge in [-0.25, -0.2) is 0 Å². The summed E-state index contributed by atoms with van der Waals surface area (Å²) < 4.78 is 5.48. The van der Waals surface area contributed by atoms with Crippen LogP contribution >= 0.6 is 0 Å². The van der Waals surface area contributed by atoms with Crippen LogP contribution in [-0.4, -0.2) is 47.4 Å². The zero-order valence-electron chi connectivity index (χ0n) is 40.0. The number of carbonyl (C=O) groups excluding carboxylic acids is 2. The van der Waals surface area contributed by atoms with Crippen molar-refractivity contribution in [2.75, 3.05) is 13.2 Å². The predicted octanol–water partition coefficient (Wildman–Crippen LogP) is 16.0. The third-order valence-electron chi connectivity index (χ3n) is 12.7. The molecule has 0 spiro atoms. The van der Waals surface area contributed by atoms with E-state index in [-0.39, 0.29) is 18.5 Å². The van der Waals surface area contributed by atoms with Crippen molar-refractivity contribution >= 4 is 11.9 Å². The minimum atomic E-state index is -0.664. The second-order valence-electron chi connectivity index (χ2n) is 18.6.